The van der Waals surface area contributed by atoms with Crippen LogP contribution in [-0.2, 0) is 0 Å². The average Bonchev–Trinajstić information content (AvgIpc) is 2.45. The second-order valence-electron chi connectivity index (χ2n) is 4.45. The normalized spacial score (nSPS) is 12.4. The monoisotopic (exact) mass is 326 g/mol. The van der Waals surface area contributed by atoms with E-state index in [4.69, 9.17) is 0 Å². The van der Waals surface area contributed by atoms with Gasteiger partial charge in [-0.3, -0.25) is 9.18 Å². The minimum absolute atomic E-state index is 0.329. The Morgan fingerprint density at radius 2 is 1.57 bits per heavy atom. The van der Waals surface area contributed by atoms with Crippen LogP contribution in [-0.4, -0.2) is 29.4 Å². The molecule has 118 valence electrons. The zero-order chi connectivity index (χ0) is 15.9. The number of thioether (sulfide) groups is 1. The largest absolute Gasteiger partial charge is 0.311 e. The van der Waals surface area contributed by atoms with Crippen LogP contribution in [0.15, 0.2) is 30.3 Å². The Balaban J connectivity index is 2.48. The highest BCUT2D eigenvalue weighted by Gasteiger charge is 2.54. The van der Waals surface area contributed by atoms with Crippen molar-refractivity contribution in [3.63, 3.8) is 0 Å². The second-order valence-corrected chi connectivity index (χ2v) is 5.52. The molecule has 1 aromatic rings. The molecule has 0 aliphatic heterocycles. The lowest BCUT2D eigenvalue weighted by molar-refractivity contribution is -0.212. The van der Waals surface area contributed by atoms with Gasteiger partial charge in [0.2, 0.25) is 5.12 Å². The van der Waals surface area contributed by atoms with Crippen molar-refractivity contribution in [2.24, 2.45) is 0 Å². The molecule has 0 N–H and O–H groups in total. The van der Waals surface area contributed by atoms with E-state index in [0.29, 0.717) is 17.3 Å². The predicted molar refractivity (Wildman–Crippen MR) is 73.0 cm³/mol. The molecular formula is C14H15F5OS. The van der Waals surface area contributed by atoms with E-state index in [-0.39, 0.29) is 0 Å². The first kappa shape index (κ1) is 17.9. The highest BCUT2D eigenvalue weighted by atomic mass is 32.2. The van der Waals surface area contributed by atoms with E-state index in [1.807, 2.05) is 0 Å². The summed E-state index contributed by atoms with van der Waals surface area (Å²) in [4.78, 5) is 11.6. The molecule has 7 heteroatoms. The molecule has 0 amide bonds. The molecule has 0 aliphatic carbocycles. The molecule has 1 aromatic carbocycles. The number of carbonyl (C=O) groups excluding carboxylic acids is 1. The van der Waals surface area contributed by atoms with Gasteiger partial charge >= 0.3 is 11.8 Å². The number of benzene rings is 1. The lowest BCUT2D eigenvalue weighted by Crippen LogP contribution is -2.41. The highest BCUT2D eigenvalue weighted by Crippen LogP contribution is 2.41. The molecule has 0 aliphatic rings. The molecule has 0 saturated carbocycles. The Hall–Kier alpha value is -1.11. The smallest absolute Gasteiger partial charge is 0.282 e. The summed E-state index contributed by atoms with van der Waals surface area (Å²) in [7, 11) is 0. The Bertz CT molecular complexity index is 450. The number of halogens is 5. The number of carbonyl (C=O) groups is 1. The first-order valence-electron chi connectivity index (χ1n) is 6.34. The molecular weight excluding hydrogens is 311 g/mol. The van der Waals surface area contributed by atoms with Gasteiger partial charge in [0, 0.05) is 24.2 Å². The lowest BCUT2D eigenvalue weighted by Gasteiger charge is -2.26. The summed E-state index contributed by atoms with van der Waals surface area (Å²) in [6.07, 6.45) is -2.94. The van der Waals surface area contributed by atoms with Crippen LogP contribution in [0.4, 0.5) is 22.0 Å². The third kappa shape index (κ3) is 5.30. The molecule has 0 bridgehead atoms. The van der Waals surface area contributed by atoms with Gasteiger partial charge < -0.3 is 0 Å². The van der Waals surface area contributed by atoms with E-state index in [0.717, 1.165) is 0 Å². The fourth-order valence-corrected chi connectivity index (χ4v) is 2.43. The SMILES string of the molecule is O=C(SCCC(F)(F)C(F)(F)CCCF)c1ccccc1. The number of hydrogen-bond acceptors (Lipinski definition) is 2. The topological polar surface area (TPSA) is 17.1 Å². The summed E-state index contributed by atoms with van der Waals surface area (Å²) in [5.41, 5.74) is 0.329. The van der Waals surface area contributed by atoms with Crippen molar-refractivity contribution in [1.29, 1.82) is 0 Å². The summed E-state index contributed by atoms with van der Waals surface area (Å²) in [5.74, 6) is -8.92. The Labute approximate surface area is 123 Å². The summed E-state index contributed by atoms with van der Waals surface area (Å²) < 4.78 is 65.0. The Morgan fingerprint density at radius 3 is 2.14 bits per heavy atom. The second kappa shape index (κ2) is 7.77. The van der Waals surface area contributed by atoms with Crippen molar-refractivity contribution < 1.29 is 26.7 Å². The molecule has 0 fully saturated rings. The maximum absolute atomic E-state index is 13.4. The fourth-order valence-electron chi connectivity index (χ4n) is 1.58. The fraction of sp³-hybridized carbons (Fsp3) is 0.500. The van der Waals surface area contributed by atoms with E-state index in [9.17, 15) is 26.7 Å². The van der Waals surface area contributed by atoms with E-state index < -0.39 is 48.7 Å². The molecule has 0 unspecified atom stereocenters. The summed E-state index contributed by atoms with van der Waals surface area (Å²) in [6, 6.07) is 7.97. The van der Waals surface area contributed by atoms with Gasteiger partial charge in [0.25, 0.3) is 0 Å². The van der Waals surface area contributed by atoms with Crippen LogP contribution in [0.5, 0.6) is 0 Å². The van der Waals surface area contributed by atoms with Gasteiger partial charge in [-0.1, -0.05) is 42.1 Å². The van der Waals surface area contributed by atoms with E-state index in [1.54, 1.807) is 18.2 Å². The Kier molecular flexibility index (Phi) is 6.64. The predicted octanol–water partition coefficient (Wildman–Crippen LogP) is 4.97. The van der Waals surface area contributed by atoms with Crippen molar-refractivity contribution in [2.45, 2.75) is 31.1 Å². The zero-order valence-corrected chi connectivity index (χ0v) is 11.9. The highest BCUT2D eigenvalue weighted by molar-refractivity contribution is 8.14. The summed E-state index contributed by atoms with van der Waals surface area (Å²) in [5, 5.41) is -0.446. The maximum atomic E-state index is 13.4. The van der Waals surface area contributed by atoms with Crippen LogP contribution in [0.25, 0.3) is 0 Å². The van der Waals surface area contributed by atoms with Gasteiger partial charge in [-0.2, -0.15) is 17.6 Å². The van der Waals surface area contributed by atoms with Crippen LogP contribution >= 0.6 is 11.8 Å². The quantitative estimate of drug-likeness (QED) is 0.627. The van der Waals surface area contributed by atoms with E-state index in [1.165, 1.54) is 12.1 Å². The third-order valence-electron chi connectivity index (χ3n) is 2.82. The molecule has 0 heterocycles. The zero-order valence-electron chi connectivity index (χ0n) is 11.1. The average molecular weight is 326 g/mol. The molecule has 0 aromatic heterocycles. The van der Waals surface area contributed by atoms with Crippen LogP contribution in [0.1, 0.15) is 29.6 Å². The number of alkyl halides is 5. The molecule has 21 heavy (non-hydrogen) atoms. The van der Waals surface area contributed by atoms with E-state index >= 15 is 0 Å². The van der Waals surface area contributed by atoms with Crippen LogP contribution in [0.2, 0.25) is 0 Å². The molecule has 0 radical (unpaired) electrons. The standard InChI is InChI=1S/C14H15F5OS/c15-9-4-7-13(16,17)14(18,19)8-10-21-12(20)11-5-2-1-3-6-11/h1-3,5-6H,4,7-10H2. The number of rotatable bonds is 8. The van der Waals surface area contributed by atoms with Crippen molar-refractivity contribution in [3.05, 3.63) is 35.9 Å². The van der Waals surface area contributed by atoms with Crippen molar-refractivity contribution >= 4 is 16.9 Å². The molecule has 0 saturated heterocycles. The minimum Gasteiger partial charge on any atom is -0.282 e. The van der Waals surface area contributed by atoms with Gasteiger partial charge in [-0.05, 0) is 6.42 Å². The third-order valence-corrected chi connectivity index (χ3v) is 3.72. The first-order chi connectivity index (χ1) is 9.80. The lowest BCUT2D eigenvalue weighted by atomic mass is 10.0. The number of hydrogen-bond donors (Lipinski definition) is 0. The van der Waals surface area contributed by atoms with Gasteiger partial charge in [-0.25, -0.2) is 0 Å². The molecule has 0 spiro atoms. The van der Waals surface area contributed by atoms with Crippen LogP contribution in [0, 0.1) is 0 Å². The first-order valence-corrected chi connectivity index (χ1v) is 7.32. The van der Waals surface area contributed by atoms with Gasteiger partial charge in [-0.15, -0.1) is 0 Å². The molecule has 0 atom stereocenters. The summed E-state index contributed by atoms with van der Waals surface area (Å²) in [6.45, 7) is -1.06. The molecule has 1 rings (SSSR count). The van der Waals surface area contributed by atoms with Gasteiger partial charge in [0.15, 0.2) is 0 Å². The minimum atomic E-state index is -4.25. The van der Waals surface area contributed by atoms with Gasteiger partial charge in [0.1, 0.15) is 0 Å². The van der Waals surface area contributed by atoms with Crippen molar-refractivity contribution in [3.8, 4) is 0 Å². The van der Waals surface area contributed by atoms with Crippen LogP contribution in [0.3, 0.4) is 0 Å². The molecule has 1 nitrogen and oxygen atoms in total. The van der Waals surface area contributed by atoms with Gasteiger partial charge in [0.05, 0.1) is 6.67 Å². The Morgan fingerprint density at radius 1 is 1.00 bits per heavy atom. The maximum Gasteiger partial charge on any atom is 0.311 e. The summed E-state index contributed by atoms with van der Waals surface area (Å²) >= 11 is 0.570. The van der Waals surface area contributed by atoms with Crippen LogP contribution < -0.4 is 0 Å². The van der Waals surface area contributed by atoms with Crippen molar-refractivity contribution in [1.82, 2.24) is 0 Å². The van der Waals surface area contributed by atoms with Crippen molar-refractivity contribution in [2.75, 3.05) is 12.4 Å². The van der Waals surface area contributed by atoms with E-state index in [2.05, 4.69) is 0 Å².